The lowest BCUT2D eigenvalue weighted by molar-refractivity contribution is -0.117. The third kappa shape index (κ3) is 5.66. The zero-order valence-electron chi connectivity index (χ0n) is 20.2. The molecule has 0 radical (unpaired) electrons. The lowest BCUT2D eigenvalue weighted by atomic mass is 9.69. The second kappa shape index (κ2) is 10.4. The summed E-state index contributed by atoms with van der Waals surface area (Å²) in [6.45, 7) is 12.0. The van der Waals surface area contributed by atoms with Gasteiger partial charge >= 0.3 is 0 Å². The smallest absolute Gasteiger partial charge is 0.239 e. The van der Waals surface area contributed by atoms with Crippen LogP contribution in [0, 0.1) is 22.7 Å². The normalized spacial score (nSPS) is 19.6. The fraction of sp³-hybridized carbons (Fsp3) is 0.556. The molecule has 1 amide bonds. The molecule has 33 heavy (non-hydrogen) atoms. The highest BCUT2D eigenvalue weighted by molar-refractivity contribution is 7.16. The first-order valence-electron chi connectivity index (χ1n) is 12.2. The number of amides is 1. The van der Waals surface area contributed by atoms with Crippen molar-refractivity contribution in [2.75, 3.05) is 38.0 Å². The summed E-state index contributed by atoms with van der Waals surface area (Å²) in [5.74, 6) is 0.628. The number of nitrogens with zero attached hydrogens (tertiary/aromatic N) is 3. The van der Waals surface area contributed by atoms with Crippen molar-refractivity contribution in [3.63, 3.8) is 0 Å². The van der Waals surface area contributed by atoms with Gasteiger partial charge in [-0.25, -0.2) is 0 Å². The maximum atomic E-state index is 12.8. The van der Waals surface area contributed by atoms with Crippen molar-refractivity contribution in [2.45, 2.75) is 53.0 Å². The molecule has 1 saturated heterocycles. The van der Waals surface area contributed by atoms with Crippen LogP contribution in [-0.4, -0.2) is 48.4 Å². The van der Waals surface area contributed by atoms with Crippen molar-refractivity contribution in [2.24, 2.45) is 11.3 Å². The average Bonchev–Trinajstić information content (AvgIpc) is 3.17. The quantitative estimate of drug-likeness (QED) is 0.632. The SMILES string of the molecule is CCC(C)(C)[C@H]1CCc2c(sc(NC(=O)CN3CCN(Cc4ccccc4)CC3)c2C#N)C1. The highest BCUT2D eigenvalue weighted by atomic mass is 32.1. The van der Waals surface area contributed by atoms with Gasteiger partial charge in [0.2, 0.25) is 5.91 Å². The van der Waals surface area contributed by atoms with Crippen LogP contribution in [0.4, 0.5) is 5.00 Å². The number of hydrogen-bond donors (Lipinski definition) is 1. The Kier molecular flexibility index (Phi) is 7.53. The minimum absolute atomic E-state index is 0.00737. The summed E-state index contributed by atoms with van der Waals surface area (Å²) in [4.78, 5) is 18.8. The van der Waals surface area contributed by atoms with Crippen molar-refractivity contribution in [1.29, 1.82) is 5.26 Å². The third-order valence-corrected chi connectivity index (χ3v) is 8.90. The van der Waals surface area contributed by atoms with Crippen molar-refractivity contribution in [3.05, 3.63) is 51.9 Å². The maximum absolute atomic E-state index is 12.8. The van der Waals surface area contributed by atoms with Crippen LogP contribution in [0.5, 0.6) is 0 Å². The molecule has 0 bridgehead atoms. The summed E-state index contributed by atoms with van der Waals surface area (Å²) in [6.07, 6.45) is 4.25. The molecular weight excluding hydrogens is 428 g/mol. The van der Waals surface area contributed by atoms with E-state index in [0.29, 0.717) is 23.4 Å². The molecule has 1 aliphatic heterocycles. The summed E-state index contributed by atoms with van der Waals surface area (Å²) in [5, 5.41) is 13.7. The number of piperazine rings is 1. The Morgan fingerprint density at radius 1 is 1.18 bits per heavy atom. The number of carbonyl (C=O) groups is 1. The predicted molar refractivity (Wildman–Crippen MR) is 135 cm³/mol. The minimum atomic E-state index is -0.00737. The lowest BCUT2D eigenvalue weighted by Crippen LogP contribution is -2.48. The molecule has 1 N–H and O–H groups in total. The van der Waals surface area contributed by atoms with Crippen molar-refractivity contribution >= 4 is 22.2 Å². The average molecular weight is 465 g/mol. The van der Waals surface area contributed by atoms with Gasteiger partial charge in [0, 0.05) is 37.6 Å². The van der Waals surface area contributed by atoms with Crippen LogP contribution in [0.2, 0.25) is 0 Å². The van der Waals surface area contributed by atoms with E-state index in [0.717, 1.165) is 63.4 Å². The van der Waals surface area contributed by atoms with Crippen LogP contribution in [0.15, 0.2) is 30.3 Å². The van der Waals surface area contributed by atoms with Gasteiger partial charge in [-0.2, -0.15) is 5.26 Å². The number of rotatable bonds is 7. The molecular formula is C27H36N4OS. The number of fused-ring (bicyclic) bond motifs is 1. The second-order valence-electron chi connectivity index (χ2n) is 10.2. The first kappa shape index (κ1) is 23.9. The molecule has 4 rings (SSSR count). The summed E-state index contributed by atoms with van der Waals surface area (Å²) < 4.78 is 0. The molecule has 1 fully saturated rings. The van der Waals surface area contributed by atoms with Gasteiger partial charge in [-0.1, -0.05) is 57.5 Å². The molecule has 2 aliphatic rings. The van der Waals surface area contributed by atoms with Gasteiger partial charge in [0.05, 0.1) is 12.1 Å². The van der Waals surface area contributed by atoms with Crippen molar-refractivity contribution < 1.29 is 4.79 Å². The molecule has 0 unspecified atom stereocenters. The molecule has 2 aromatic rings. The molecule has 176 valence electrons. The van der Waals surface area contributed by atoms with Crippen LogP contribution in [0.1, 0.15) is 55.2 Å². The van der Waals surface area contributed by atoms with Crippen LogP contribution in [-0.2, 0) is 24.2 Å². The van der Waals surface area contributed by atoms with E-state index in [1.807, 2.05) is 6.07 Å². The zero-order chi connectivity index (χ0) is 23.4. The fourth-order valence-electron chi connectivity index (χ4n) is 5.06. The van der Waals surface area contributed by atoms with E-state index in [1.165, 1.54) is 16.0 Å². The fourth-order valence-corrected chi connectivity index (χ4v) is 6.36. The van der Waals surface area contributed by atoms with Crippen molar-refractivity contribution in [1.82, 2.24) is 9.80 Å². The van der Waals surface area contributed by atoms with E-state index >= 15 is 0 Å². The Labute approximate surface area is 202 Å². The van der Waals surface area contributed by atoms with Gasteiger partial charge in [0.25, 0.3) is 0 Å². The zero-order valence-corrected chi connectivity index (χ0v) is 21.0. The van der Waals surface area contributed by atoms with Crippen LogP contribution >= 0.6 is 11.3 Å². The molecule has 1 atom stereocenters. The predicted octanol–water partition coefficient (Wildman–Crippen LogP) is 4.92. The van der Waals surface area contributed by atoms with Gasteiger partial charge in [0.1, 0.15) is 11.1 Å². The number of hydrogen-bond acceptors (Lipinski definition) is 5. The number of benzene rings is 1. The highest BCUT2D eigenvalue weighted by Gasteiger charge is 2.34. The van der Waals surface area contributed by atoms with Gasteiger partial charge in [0.15, 0.2) is 0 Å². The van der Waals surface area contributed by atoms with E-state index in [2.05, 4.69) is 66.2 Å². The standard InChI is InChI=1S/C27H36N4OS/c1-4-27(2,3)21-10-11-22-23(17-28)26(33-24(22)16-21)29-25(32)19-31-14-12-30(13-15-31)18-20-8-6-5-7-9-20/h5-9,21H,4,10-16,18-19H2,1-3H3,(H,29,32)/t21-/m0/s1. The Balaban J connectivity index is 1.32. The molecule has 1 aromatic carbocycles. The first-order valence-corrected chi connectivity index (χ1v) is 13.0. The van der Waals surface area contributed by atoms with Gasteiger partial charge in [-0.15, -0.1) is 11.3 Å². The molecule has 1 aliphatic carbocycles. The van der Waals surface area contributed by atoms with E-state index < -0.39 is 0 Å². The van der Waals surface area contributed by atoms with Crippen LogP contribution in [0.3, 0.4) is 0 Å². The Bertz CT molecular complexity index is 999. The Hall–Kier alpha value is -2.20. The highest BCUT2D eigenvalue weighted by Crippen LogP contribution is 2.45. The molecule has 5 nitrogen and oxygen atoms in total. The molecule has 0 saturated carbocycles. The first-order chi connectivity index (χ1) is 15.9. The summed E-state index contributed by atoms with van der Waals surface area (Å²) in [6, 6.07) is 12.9. The molecule has 2 heterocycles. The largest absolute Gasteiger partial charge is 0.315 e. The molecule has 1 aromatic heterocycles. The number of carbonyl (C=O) groups excluding carboxylic acids is 1. The van der Waals surface area contributed by atoms with E-state index in [-0.39, 0.29) is 5.91 Å². The topological polar surface area (TPSA) is 59.4 Å². The van der Waals surface area contributed by atoms with E-state index in [1.54, 1.807) is 11.3 Å². The monoisotopic (exact) mass is 464 g/mol. The number of nitriles is 1. The summed E-state index contributed by atoms with van der Waals surface area (Å²) in [5.41, 5.74) is 3.51. The van der Waals surface area contributed by atoms with Gasteiger partial charge < -0.3 is 5.32 Å². The van der Waals surface area contributed by atoms with Crippen LogP contribution < -0.4 is 5.32 Å². The lowest BCUT2D eigenvalue weighted by Gasteiger charge is -2.36. The molecule has 6 heteroatoms. The Morgan fingerprint density at radius 2 is 1.88 bits per heavy atom. The number of anilines is 1. The summed E-state index contributed by atoms with van der Waals surface area (Å²) in [7, 11) is 0. The van der Waals surface area contributed by atoms with Crippen LogP contribution in [0.25, 0.3) is 0 Å². The van der Waals surface area contributed by atoms with E-state index in [9.17, 15) is 10.1 Å². The van der Waals surface area contributed by atoms with Crippen molar-refractivity contribution in [3.8, 4) is 6.07 Å². The third-order valence-electron chi connectivity index (χ3n) is 7.73. The van der Waals surface area contributed by atoms with E-state index in [4.69, 9.17) is 0 Å². The molecule has 0 spiro atoms. The van der Waals surface area contributed by atoms with Gasteiger partial charge in [-0.3, -0.25) is 14.6 Å². The number of nitrogens with one attached hydrogen (secondary N) is 1. The van der Waals surface area contributed by atoms with Gasteiger partial charge in [-0.05, 0) is 41.7 Å². The second-order valence-corrected chi connectivity index (χ2v) is 11.3. The Morgan fingerprint density at radius 3 is 2.55 bits per heavy atom. The minimum Gasteiger partial charge on any atom is -0.315 e. The number of thiophene rings is 1. The maximum Gasteiger partial charge on any atom is 0.239 e. The summed E-state index contributed by atoms with van der Waals surface area (Å²) >= 11 is 1.63.